The first kappa shape index (κ1) is 12.0. The molecule has 0 bridgehead atoms. The van der Waals surface area contributed by atoms with Crippen molar-refractivity contribution in [1.82, 2.24) is 0 Å². The molecule has 0 heterocycles. The van der Waals surface area contributed by atoms with Gasteiger partial charge in [-0.2, -0.15) is 0 Å². The van der Waals surface area contributed by atoms with E-state index in [0.29, 0.717) is 12.5 Å². The molecule has 2 rings (SSSR count). The predicted molar refractivity (Wildman–Crippen MR) is 61.3 cm³/mol. The van der Waals surface area contributed by atoms with Crippen LogP contribution >= 0.6 is 0 Å². The highest BCUT2D eigenvalue weighted by molar-refractivity contribution is 5.44. The Hall–Kier alpha value is -1.45. The number of allylic oxidation sites excluding steroid dienone is 2. The van der Waals surface area contributed by atoms with Gasteiger partial charge in [0.25, 0.3) is 0 Å². The lowest BCUT2D eigenvalue weighted by Crippen LogP contribution is -2.15. The van der Waals surface area contributed by atoms with Gasteiger partial charge in [0.2, 0.25) is 0 Å². The monoisotopic (exact) mass is 241 g/mol. The third-order valence-electron chi connectivity index (χ3n) is 2.96. The zero-order chi connectivity index (χ0) is 12.3. The Kier molecular flexibility index (Phi) is 3.71. The second-order valence-corrected chi connectivity index (χ2v) is 4.29. The van der Waals surface area contributed by atoms with Crippen LogP contribution in [0.2, 0.25) is 0 Å². The summed E-state index contributed by atoms with van der Waals surface area (Å²) in [6.07, 6.45) is 7.32. The van der Waals surface area contributed by atoms with Crippen molar-refractivity contribution in [2.75, 3.05) is 11.9 Å². The highest BCUT2D eigenvalue weighted by atomic mass is 19.2. The molecule has 1 unspecified atom stereocenters. The molecular weight excluding hydrogens is 227 g/mol. The van der Waals surface area contributed by atoms with Crippen LogP contribution in [-0.2, 0) is 0 Å². The summed E-state index contributed by atoms with van der Waals surface area (Å²) < 4.78 is 38.6. The zero-order valence-electron chi connectivity index (χ0n) is 9.35. The molecule has 1 N–H and O–H groups in total. The molecule has 92 valence electrons. The van der Waals surface area contributed by atoms with Gasteiger partial charge in [-0.05, 0) is 25.2 Å². The minimum absolute atomic E-state index is 0.288. The first-order valence-corrected chi connectivity index (χ1v) is 5.70. The fraction of sp³-hybridized carbons (Fsp3) is 0.385. The van der Waals surface area contributed by atoms with Crippen molar-refractivity contribution in [3.8, 4) is 0 Å². The Labute approximate surface area is 98.3 Å². The van der Waals surface area contributed by atoms with Gasteiger partial charge in [0.15, 0.2) is 17.5 Å². The topological polar surface area (TPSA) is 12.0 Å². The number of hydrogen-bond acceptors (Lipinski definition) is 1. The molecular formula is C13H14F3N. The molecule has 0 aromatic heterocycles. The smallest absolute Gasteiger partial charge is 0.194 e. The molecule has 1 aliphatic rings. The third kappa shape index (κ3) is 3.02. The van der Waals surface area contributed by atoms with Gasteiger partial charge in [0.05, 0.1) is 0 Å². The molecule has 0 saturated heterocycles. The van der Waals surface area contributed by atoms with Gasteiger partial charge in [-0.3, -0.25) is 0 Å². The van der Waals surface area contributed by atoms with E-state index in [1.165, 1.54) is 0 Å². The SMILES string of the molecule is Fc1cc(NCC2CC=CCC2)cc(F)c1F. The highest BCUT2D eigenvalue weighted by Gasteiger charge is 2.12. The van der Waals surface area contributed by atoms with E-state index < -0.39 is 17.5 Å². The van der Waals surface area contributed by atoms with Gasteiger partial charge in [-0.15, -0.1) is 0 Å². The van der Waals surface area contributed by atoms with Crippen molar-refractivity contribution in [2.24, 2.45) is 5.92 Å². The summed E-state index contributed by atoms with van der Waals surface area (Å²) in [7, 11) is 0. The van der Waals surface area contributed by atoms with Crippen LogP contribution in [0.25, 0.3) is 0 Å². The summed E-state index contributed by atoms with van der Waals surface area (Å²) in [6, 6.07) is 1.97. The molecule has 1 aromatic carbocycles. The van der Waals surface area contributed by atoms with E-state index in [9.17, 15) is 13.2 Å². The van der Waals surface area contributed by atoms with Crippen LogP contribution in [0.5, 0.6) is 0 Å². The molecule has 0 radical (unpaired) electrons. The number of rotatable bonds is 3. The Balaban J connectivity index is 1.97. The maximum atomic E-state index is 12.9. The molecule has 1 atom stereocenters. The molecule has 17 heavy (non-hydrogen) atoms. The Morgan fingerprint density at radius 3 is 2.41 bits per heavy atom. The van der Waals surface area contributed by atoms with Crippen molar-refractivity contribution in [3.63, 3.8) is 0 Å². The van der Waals surface area contributed by atoms with E-state index in [1.807, 2.05) is 0 Å². The Morgan fingerprint density at radius 2 is 1.82 bits per heavy atom. The third-order valence-corrected chi connectivity index (χ3v) is 2.96. The van der Waals surface area contributed by atoms with Crippen molar-refractivity contribution in [3.05, 3.63) is 41.7 Å². The normalized spacial score (nSPS) is 19.4. The van der Waals surface area contributed by atoms with Crippen LogP contribution in [0.1, 0.15) is 19.3 Å². The van der Waals surface area contributed by atoms with E-state index >= 15 is 0 Å². The summed E-state index contributed by atoms with van der Waals surface area (Å²) >= 11 is 0. The van der Waals surface area contributed by atoms with Crippen LogP contribution in [0.15, 0.2) is 24.3 Å². The van der Waals surface area contributed by atoms with Crippen LogP contribution in [0.4, 0.5) is 18.9 Å². The van der Waals surface area contributed by atoms with Crippen molar-refractivity contribution in [1.29, 1.82) is 0 Å². The van der Waals surface area contributed by atoms with Crippen LogP contribution in [0.3, 0.4) is 0 Å². The Morgan fingerprint density at radius 1 is 1.12 bits per heavy atom. The van der Waals surface area contributed by atoms with Gasteiger partial charge < -0.3 is 5.32 Å². The van der Waals surface area contributed by atoms with E-state index in [-0.39, 0.29) is 5.69 Å². The van der Waals surface area contributed by atoms with E-state index in [2.05, 4.69) is 17.5 Å². The minimum Gasteiger partial charge on any atom is -0.385 e. The summed E-state index contributed by atoms with van der Waals surface area (Å²) in [5, 5.41) is 2.94. The van der Waals surface area contributed by atoms with Crippen molar-refractivity contribution >= 4 is 5.69 Å². The number of hydrogen-bond donors (Lipinski definition) is 1. The molecule has 1 nitrogen and oxygen atoms in total. The van der Waals surface area contributed by atoms with Gasteiger partial charge in [-0.1, -0.05) is 12.2 Å². The van der Waals surface area contributed by atoms with Crippen LogP contribution < -0.4 is 5.32 Å². The van der Waals surface area contributed by atoms with E-state index in [1.54, 1.807) is 0 Å². The lowest BCUT2D eigenvalue weighted by atomic mass is 9.94. The number of nitrogens with one attached hydrogen (secondary N) is 1. The maximum Gasteiger partial charge on any atom is 0.194 e. The largest absolute Gasteiger partial charge is 0.385 e. The summed E-state index contributed by atoms with van der Waals surface area (Å²) in [6.45, 7) is 0.648. The Bertz CT molecular complexity index is 406. The van der Waals surface area contributed by atoms with Gasteiger partial charge in [0.1, 0.15) is 0 Å². The number of halogens is 3. The zero-order valence-corrected chi connectivity index (χ0v) is 9.35. The highest BCUT2D eigenvalue weighted by Crippen LogP contribution is 2.21. The fourth-order valence-corrected chi connectivity index (χ4v) is 1.96. The standard InChI is InChI=1S/C13H14F3N/c14-11-6-10(7-12(15)13(11)16)17-8-9-4-2-1-3-5-9/h1-2,6-7,9,17H,3-5,8H2. The maximum absolute atomic E-state index is 12.9. The molecule has 0 spiro atoms. The number of anilines is 1. The molecule has 0 amide bonds. The van der Waals surface area contributed by atoms with E-state index in [0.717, 1.165) is 31.4 Å². The van der Waals surface area contributed by atoms with Gasteiger partial charge >= 0.3 is 0 Å². The first-order chi connectivity index (χ1) is 8.16. The average molecular weight is 241 g/mol. The minimum atomic E-state index is -1.42. The predicted octanol–water partition coefficient (Wildman–Crippen LogP) is 3.87. The summed E-state index contributed by atoms with van der Waals surface area (Å²) in [5.74, 6) is -3.26. The van der Waals surface area contributed by atoms with Crippen LogP contribution in [-0.4, -0.2) is 6.54 Å². The summed E-state index contributed by atoms with van der Waals surface area (Å²) in [4.78, 5) is 0. The van der Waals surface area contributed by atoms with Gasteiger partial charge in [-0.25, -0.2) is 13.2 Å². The van der Waals surface area contributed by atoms with Gasteiger partial charge in [0, 0.05) is 24.4 Å². The van der Waals surface area contributed by atoms with Crippen molar-refractivity contribution in [2.45, 2.75) is 19.3 Å². The fourth-order valence-electron chi connectivity index (χ4n) is 1.96. The van der Waals surface area contributed by atoms with Crippen molar-refractivity contribution < 1.29 is 13.2 Å². The molecule has 0 aliphatic heterocycles. The molecule has 1 aromatic rings. The molecule has 4 heteroatoms. The average Bonchev–Trinajstić information content (AvgIpc) is 2.34. The molecule has 1 aliphatic carbocycles. The lowest BCUT2D eigenvalue weighted by Gasteiger charge is -2.18. The molecule has 0 saturated carbocycles. The second-order valence-electron chi connectivity index (χ2n) is 4.29. The quantitative estimate of drug-likeness (QED) is 0.625. The summed E-state index contributed by atoms with van der Waals surface area (Å²) in [5.41, 5.74) is 0.288. The molecule has 0 fully saturated rings. The second kappa shape index (κ2) is 5.25. The number of benzene rings is 1. The first-order valence-electron chi connectivity index (χ1n) is 5.70. The van der Waals surface area contributed by atoms with E-state index in [4.69, 9.17) is 0 Å². The van der Waals surface area contributed by atoms with Crippen LogP contribution in [0, 0.1) is 23.4 Å². The lowest BCUT2D eigenvalue weighted by molar-refractivity contribution is 0.447.